The molecule has 1 amide bonds. The Morgan fingerprint density at radius 1 is 1.12 bits per heavy atom. The van der Waals surface area contributed by atoms with Crippen molar-refractivity contribution in [3.63, 3.8) is 0 Å². The molecule has 0 atom stereocenters. The second-order valence-corrected chi connectivity index (χ2v) is 8.75. The Bertz CT molecular complexity index is 1390. The van der Waals surface area contributed by atoms with Gasteiger partial charge in [0.05, 0.1) is 25.9 Å². The molecule has 4 rings (SSSR count). The maximum absolute atomic E-state index is 12.4. The fourth-order valence-electron chi connectivity index (χ4n) is 2.96. The van der Waals surface area contributed by atoms with Crippen molar-refractivity contribution in [3.05, 3.63) is 88.0 Å². The van der Waals surface area contributed by atoms with E-state index in [1.54, 1.807) is 29.5 Å². The molecule has 0 aliphatic carbocycles. The summed E-state index contributed by atoms with van der Waals surface area (Å²) in [6.45, 7) is 2.06. The molecule has 0 bridgehead atoms. The summed E-state index contributed by atoms with van der Waals surface area (Å²) >= 11 is 13.7. The molecule has 8 heteroatoms. The second kappa shape index (κ2) is 9.41. The summed E-state index contributed by atoms with van der Waals surface area (Å²) in [4.78, 5) is 17.1. The van der Waals surface area contributed by atoms with Gasteiger partial charge in [-0.25, -0.2) is 4.98 Å². The van der Waals surface area contributed by atoms with Gasteiger partial charge in [-0.3, -0.25) is 4.79 Å². The molecular weight excluding hydrogens is 463 g/mol. The zero-order valence-corrected chi connectivity index (χ0v) is 19.1. The van der Waals surface area contributed by atoms with Crippen molar-refractivity contribution in [2.24, 2.45) is 0 Å². The van der Waals surface area contributed by atoms with E-state index in [4.69, 9.17) is 23.2 Å². The van der Waals surface area contributed by atoms with Crippen LogP contribution in [0.25, 0.3) is 20.8 Å². The van der Waals surface area contributed by atoms with Crippen molar-refractivity contribution >= 4 is 62.0 Å². The first-order chi connectivity index (χ1) is 15.4. The Morgan fingerprint density at radius 2 is 1.91 bits per heavy atom. The van der Waals surface area contributed by atoms with E-state index < -0.39 is 5.91 Å². The highest BCUT2D eigenvalue weighted by atomic mass is 35.5. The molecule has 0 fully saturated rings. The number of amides is 1. The van der Waals surface area contributed by atoms with E-state index in [-0.39, 0.29) is 10.6 Å². The monoisotopic (exact) mass is 478 g/mol. The quantitative estimate of drug-likeness (QED) is 0.238. The lowest BCUT2D eigenvalue weighted by atomic mass is 10.2. The van der Waals surface area contributed by atoms with Crippen LogP contribution in [-0.2, 0) is 4.79 Å². The number of aromatic nitrogens is 1. The largest absolute Gasteiger partial charge is 0.360 e. The average Bonchev–Trinajstić information content (AvgIpc) is 3.21. The predicted octanol–water partition coefficient (Wildman–Crippen LogP) is 7.04. The zero-order chi connectivity index (χ0) is 22.7. The van der Waals surface area contributed by atoms with Gasteiger partial charge in [0.25, 0.3) is 5.91 Å². The summed E-state index contributed by atoms with van der Waals surface area (Å²) in [6, 6.07) is 20.6. The lowest BCUT2D eigenvalue weighted by molar-refractivity contribution is -0.112. The number of aryl methyl sites for hydroxylation is 1. The minimum atomic E-state index is -0.592. The Balaban J connectivity index is 1.47. The highest BCUT2D eigenvalue weighted by Gasteiger charge is 2.13. The van der Waals surface area contributed by atoms with Crippen molar-refractivity contribution in [2.45, 2.75) is 6.92 Å². The number of nitrogens with zero attached hydrogens (tertiary/aromatic N) is 2. The molecule has 3 aromatic carbocycles. The summed E-state index contributed by atoms with van der Waals surface area (Å²) in [6.07, 6.45) is 1.35. The number of anilines is 2. The fourth-order valence-corrected chi connectivity index (χ4v) is 4.38. The molecule has 32 heavy (non-hydrogen) atoms. The van der Waals surface area contributed by atoms with Gasteiger partial charge in [-0.2, -0.15) is 5.26 Å². The van der Waals surface area contributed by atoms with E-state index in [2.05, 4.69) is 34.7 Å². The molecule has 2 N–H and O–H groups in total. The third-order valence-corrected chi connectivity index (χ3v) is 6.51. The molecule has 0 aliphatic heterocycles. The van der Waals surface area contributed by atoms with Gasteiger partial charge in [0, 0.05) is 17.5 Å². The topological polar surface area (TPSA) is 77.8 Å². The smallest absolute Gasteiger partial charge is 0.267 e. The number of hydrogen-bond donors (Lipinski definition) is 2. The van der Waals surface area contributed by atoms with Crippen molar-refractivity contribution < 1.29 is 4.79 Å². The van der Waals surface area contributed by atoms with Crippen LogP contribution in [0.2, 0.25) is 10.0 Å². The van der Waals surface area contributed by atoms with Gasteiger partial charge in [0.15, 0.2) is 0 Å². The van der Waals surface area contributed by atoms with Crippen LogP contribution in [0.4, 0.5) is 11.4 Å². The van der Waals surface area contributed by atoms with E-state index in [0.29, 0.717) is 10.7 Å². The zero-order valence-electron chi connectivity index (χ0n) is 16.8. The van der Waals surface area contributed by atoms with Gasteiger partial charge >= 0.3 is 0 Å². The first-order valence-corrected chi connectivity index (χ1v) is 11.1. The van der Waals surface area contributed by atoms with E-state index in [9.17, 15) is 10.1 Å². The van der Waals surface area contributed by atoms with Crippen LogP contribution >= 0.6 is 34.5 Å². The minimum absolute atomic E-state index is 0.105. The molecule has 5 nitrogen and oxygen atoms in total. The van der Waals surface area contributed by atoms with Crippen LogP contribution < -0.4 is 10.6 Å². The first-order valence-electron chi connectivity index (χ1n) is 9.54. The Labute approximate surface area is 198 Å². The summed E-state index contributed by atoms with van der Waals surface area (Å²) in [5, 5.41) is 16.4. The first kappa shape index (κ1) is 21.8. The van der Waals surface area contributed by atoms with Crippen molar-refractivity contribution in [1.29, 1.82) is 5.26 Å². The van der Waals surface area contributed by atoms with Gasteiger partial charge in [-0.1, -0.05) is 35.3 Å². The number of carbonyl (C=O) groups is 1. The molecule has 4 aromatic rings. The molecule has 158 valence electrons. The lowest BCUT2D eigenvalue weighted by Crippen LogP contribution is -2.14. The van der Waals surface area contributed by atoms with Gasteiger partial charge in [-0.05, 0) is 61.0 Å². The molecule has 0 unspecified atom stereocenters. The minimum Gasteiger partial charge on any atom is -0.360 e. The molecule has 1 aromatic heterocycles. The number of carbonyl (C=O) groups excluding carboxylic acids is 1. The van der Waals surface area contributed by atoms with Crippen molar-refractivity contribution in [1.82, 2.24) is 4.98 Å². The third kappa shape index (κ3) is 4.76. The number of halogens is 2. The number of nitrogens with one attached hydrogen (secondary N) is 2. The number of hydrogen-bond acceptors (Lipinski definition) is 5. The van der Waals surface area contributed by atoms with Crippen molar-refractivity contribution in [2.75, 3.05) is 10.6 Å². The number of thiazole rings is 1. The van der Waals surface area contributed by atoms with E-state index in [0.717, 1.165) is 26.5 Å². The highest BCUT2D eigenvalue weighted by Crippen LogP contribution is 2.32. The van der Waals surface area contributed by atoms with Crippen LogP contribution in [0.15, 0.2) is 72.4 Å². The maximum Gasteiger partial charge on any atom is 0.267 e. The van der Waals surface area contributed by atoms with E-state index in [1.807, 2.05) is 36.4 Å². The van der Waals surface area contributed by atoms with Gasteiger partial charge in [0.1, 0.15) is 16.6 Å². The lowest BCUT2D eigenvalue weighted by Gasteiger charge is -2.08. The van der Waals surface area contributed by atoms with Crippen LogP contribution in [0.1, 0.15) is 5.56 Å². The van der Waals surface area contributed by atoms with Crippen LogP contribution in [-0.4, -0.2) is 10.9 Å². The summed E-state index contributed by atoms with van der Waals surface area (Å²) in [5.41, 5.74) is 4.13. The number of nitriles is 1. The predicted molar refractivity (Wildman–Crippen MR) is 132 cm³/mol. The van der Waals surface area contributed by atoms with Crippen LogP contribution in [0.3, 0.4) is 0 Å². The van der Waals surface area contributed by atoms with E-state index >= 15 is 0 Å². The molecule has 0 aliphatic rings. The number of fused-ring (bicyclic) bond motifs is 1. The average molecular weight is 479 g/mol. The Hall–Kier alpha value is -3.37. The molecule has 0 saturated heterocycles. The molecule has 1 heterocycles. The SMILES string of the molecule is Cc1ccc2nc(-c3ccc(N/C=C(/C#N)C(=O)Nc4cccc(Cl)c4Cl)cc3)sc2c1. The van der Waals surface area contributed by atoms with Gasteiger partial charge in [0.2, 0.25) is 0 Å². The second-order valence-electron chi connectivity index (χ2n) is 6.94. The standard InChI is InChI=1S/C24H16Cl2N4OS/c1-14-5-10-19-21(11-14)32-24(30-19)15-6-8-17(9-7-15)28-13-16(12-27)23(31)29-20-4-2-3-18(25)22(20)26/h2-11,13,28H,1H3,(H,29,31)/b16-13-. The van der Waals surface area contributed by atoms with Gasteiger partial charge in [-0.15, -0.1) is 11.3 Å². The molecule has 0 saturated carbocycles. The van der Waals surface area contributed by atoms with Crippen LogP contribution in [0.5, 0.6) is 0 Å². The Morgan fingerprint density at radius 3 is 2.66 bits per heavy atom. The normalized spacial score (nSPS) is 11.2. The molecular formula is C24H16Cl2N4OS. The number of rotatable bonds is 5. The van der Waals surface area contributed by atoms with Crippen LogP contribution in [0, 0.1) is 18.3 Å². The molecule has 0 spiro atoms. The summed E-state index contributed by atoms with van der Waals surface area (Å²) in [7, 11) is 0. The maximum atomic E-state index is 12.4. The summed E-state index contributed by atoms with van der Waals surface area (Å²) in [5.74, 6) is -0.592. The Kier molecular flexibility index (Phi) is 6.42. The van der Waals surface area contributed by atoms with Crippen molar-refractivity contribution in [3.8, 4) is 16.6 Å². The third-order valence-electron chi connectivity index (χ3n) is 4.62. The summed E-state index contributed by atoms with van der Waals surface area (Å²) < 4.78 is 1.15. The number of benzene rings is 3. The van der Waals surface area contributed by atoms with Gasteiger partial charge < -0.3 is 10.6 Å². The van der Waals surface area contributed by atoms with E-state index in [1.165, 1.54) is 11.8 Å². The molecule has 0 radical (unpaired) electrons. The highest BCUT2D eigenvalue weighted by molar-refractivity contribution is 7.21. The fraction of sp³-hybridized carbons (Fsp3) is 0.0417.